The van der Waals surface area contributed by atoms with E-state index < -0.39 is 0 Å². The number of allylic oxidation sites excluding steroid dienone is 1. The molecule has 0 saturated heterocycles. The number of nitrogens with zero attached hydrogens (tertiary/aromatic N) is 2. The number of nitrogens with one attached hydrogen (secondary N) is 1. The molecule has 5 heteroatoms. The second-order valence-corrected chi connectivity index (χ2v) is 4.24. The van der Waals surface area contributed by atoms with Gasteiger partial charge in [0.05, 0.1) is 10.7 Å². The van der Waals surface area contributed by atoms with Crippen LogP contribution in [0.15, 0.2) is 46.8 Å². The zero-order chi connectivity index (χ0) is 10.8. The standard InChI is InChI=1S/C10H7BrClN3/c11-9-2-1-8(5-10(9)12)15-4-3-7(13)6-14-15/h1-6,14H. The highest BCUT2D eigenvalue weighted by atomic mass is 79.9. The van der Waals surface area contributed by atoms with E-state index in [1.54, 1.807) is 17.3 Å². The highest BCUT2D eigenvalue weighted by Gasteiger charge is 2.07. The van der Waals surface area contributed by atoms with Crippen LogP contribution in [0, 0.1) is 0 Å². The summed E-state index contributed by atoms with van der Waals surface area (Å²) in [4.78, 5) is 0. The fourth-order valence-corrected chi connectivity index (χ4v) is 1.59. The maximum Gasteiger partial charge on any atom is 0.105 e. The van der Waals surface area contributed by atoms with Gasteiger partial charge in [0, 0.05) is 16.9 Å². The van der Waals surface area contributed by atoms with Gasteiger partial charge in [0.1, 0.15) is 5.70 Å². The number of benzene rings is 1. The van der Waals surface area contributed by atoms with Crippen LogP contribution in [0.4, 0.5) is 5.69 Å². The van der Waals surface area contributed by atoms with Crippen molar-refractivity contribution in [3.8, 4) is 0 Å². The molecule has 0 amide bonds. The highest BCUT2D eigenvalue weighted by Crippen LogP contribution is 2.27. The van der Waals surface area contributed by atoms with E-state index in [0.717, 1.165) is 10.2 Å². The number of rotatable bonds is 1. The summed E-state index contributed by atoms with van der Waals surface area (Å²) in [6.45, 7) is 0. The molecule has 1 heterocycles. The van der Waals surface area contributed by atoms with E-state index in [1.807, 2.05) is 18.2 Å². The van der Waals surface area contributed by atoms with E-state index in [9.17, 15) is 0 Å². The van der Waals surface area contributed by atoms with Gasteiger partial charge in [0.25, 0.3) is 0 Å². The summed E-state index contributed by atoms with van der Waals surface area (Å²) in [7, 11) is 0. The lowest BCUT2D eigenvalue weighted by Crippen LogP contribution is -2.31. The molecule has 76 valence electrons. The minimum Gasteiger partial charge on any atom is -0.299 e. The third-order valence-corrected chi connectivity index (χ3v) is 3.16. The van der Waals surface area contributed by atoms with Crippen molar-refractivity contribution < 1.29 is 0 Å². The largest absolute Gasteiger partial charge is 0.299 e. The van der Waals surface area contributed by atoms with Gasteiger partial charge in [-0.3, -0.25) is 10.4 Å². The lowest BCUT2D eigenvalue weighted by molar-refractivity contribution is 0.851. The first-order valence-corrected chi connectivity index (χ1v) is 5.42. The van der Waals surface area contributed by atoms with Crippen molar-refractivity contribution in [3.05, 3.63) is 51.9 Å². The second kappa shape index (κ2) is 4.16. The molecular formula is C10H7BrClN3. The number of hydrogen-bond donors (Lipinski definition) is 1. The van der Waals surface area contributed by atoms with Gasteiger partial charge in [0.2, 0.25) is 0 Å². The molecule has 1 aromatic carbocycles. The molecule has 0 bridgehead atoms. The van der Waals surface area contributed by atoms with Crippen LogP contribution in [0.1, 0.15) is 0 Å². The molecule has 2 radical (unpaired) electrons. The molecule has 0 spiro atoms. The van der Waals surface area contributed by atoms with E-state index in [-0.39, 0.29) is 5.70 Å². The van der Waals surface area contributed by atoms with Gasteiger partial charge < -0.3 is 0 Å². The summed E-state index contributed by atoms with van der Waals surface area (Å²) in [6.07, 6.45) is 4.80. The SMILES string of the molecule is [N]C1=CNN(c2ccc(Br)c(Cl)c2)C=C1. The Hall–Kier alpha value is -1.13. The first kappa shape index (κ1) is 10.4. The van der Waals surface area contributed by atoms with E-state index in [1.165, 1.54) is 6.20 Å². The lowest BCUT2D eigenvalue weighted by Gasteiger charge is -2.23. The molecule has 0 aliphatic carbocycles. The van der Waals surface area contributed by atoms with Gasteiger partial charge in [-0.2, -0.15) is 0 Å². The van der Waals surface area contributed by atoms with Crippen molar-refractivity contribution >= 4 is 33.2 Å². The molecule has 1 N–H and O–H groups in total. The molecule has 0 aromatic heterocycles. The molecule has 3 nitrogen and oxygen atoms in total. The molecule has 1 aromatic rings. The number of halogens is 2. The third kappa shape index (κ3) is 2.27. The minimum atomic E-state index is 0.189. The Kier molecular flexibility index (Phi) is 2.88. The Bertz CT molecular complexity index is 442. The number of anilines is 1. The first-order chi connectivity index (χ1) is 7.16. The maximum absolute atomic E-state index is 9.12. The summed E-state index contributed by atoms with van der Waals surface area (Å²) in [5.41, 5.74) is 13.1. The Balaban J connectivity index is 2.25. The summed E-state index contributed by atoms with van der Waals surface area (Å²) in [5.74, 6) is 0. The van der Waals surface area contributed by atoms with Gasteiger partial charge in [0.15, 0.2) is 0 Å². The monoisotopic (exact) mass is 283 g/mol. The number of hydrazine groups is 1. The van der Waals surface area contributed by atoms with E-state index in [4.69, 9.17) is 17.3 Å². The Morgan fingerprint density at radius 2 is 2.20 bits per heavy atom. The van der Waals surface area contributed by atoms with Crippen LogP contribution in [-0.4, -0.2) is 0 Å². The van der Waals surface area contributed by atoms with Crippen molar-refractivity contribution in [2.45, 2.75) is 0 Å². The second-order valence-electron chi connectivity index (χ2n) is 2.98. The summed E-state index contributed by atoms with van der Waals surface area (Å²) >= 11 is 9.29. The van der Waals surface area contributed by atoms with Gasteiger partial charge >= 0.3 is 0 Å². The maximum atomic E-state index is 9.12. The average molecular weight is 285 g/mol. The predicted octanol–water partition coefficient (Wildman–Crippen LogP) is 2.85. The Morgan fingerprint density at radius 3 is 2.80 bits per heavy atom. The van der Waals surface area contributed by atoms with Crippen LogP contribution >= 0.6 is 27.5 Å². The van der Waals surface area contributed by atoms with Crippen LogP contribution in [0.2, 0.25) is 5.02 Å². The van der Waals surface area contributed by atoms with Crippen LogP contribution in [0.3, 0.4) is 0 Å². The minimum absolute atomic E-state index is 0.189. The van der Waals surface area contributed by atoms with E-state index in [2.05, 4.69) is 21.4 Å². The fraction of sp³-hybridized carbons (Fsp3) is 0. The number of hydrogen-bond acceptors (Lipinski definition) is 2. The fourth-order valence-electron chi connectivity index (χ4n) is 1.17. The van der Waals surface area contributed by atoms with Crippen LogP contribution in [-0.2, 0) is 0 Å². The van der Waals surface area contributed by atoms with Gasteiger partial charge in [-0.05, 0) is 40.2 Å². The molecule has 1 aliphatic rings. The highest BCUT2D eigenvalue weighted by molar-refractivity contribution is 9.10. The van der Waals surface area contributed by atoms with Crippen molar-refractivity contribution in [1.29, 1.82) is 0 Å². The van der Waals surface area contributed by atoms with Crippen LogP contribution in [0.5, 0.6) is 0 Å². The molecule has 2 rings (SSSR count). The smallest absolute Gasteiger partial charge is 0.105 e. The third-order valence-electron chi connectivity index (χ3n) is 1.93. The predicted molar refractivity (Wildman–Crippen MR) is 64.1 cm³/mol. The topological polar surface area (TPSA) is 37.6 Å². The van der Waals surface area contributed by atoms with Gasteiger partial charge in [-0.25, -0.2) is 0 Å². The zero-order valence-electron chi connectivity index (χ0n) is 7.61. The summed E-state index contributed by atoms with van der Waals surface area (Å²) in [5, 5.41) is 2.39. The molecule has 0 fully saturated rings. The van der Waals surface area contributed by atoms with Crippen molar-refractivity contribution in [2.75, 3.05) is 5.01 Å². The Morgan fingerprint density at radius 1 is 1.40 bits per heavy atom. The van der Waals surface area contributed by atoms with Crippen molar-refractivity contribution in [3.63, 3.8) is 0 Å². The lowest BCUT2D eigenvalue weighted by atomic mass is 10.3. The van der Waals surface area contributed by atoms with Crippen molar-refractivity contribution in [1.82, 2.24) is 11.2 Å². The van der Waals surface area contributed by atoms with Crippen molar-refractivity contribution in [2.24, 2.45) is 0 Å². The molecule has 0 atom stereocenters. The normalized spacial score (nSPS) is 14.8. The van der Waals surface area contributed by atoms with Gasteiger partial charge in [-0.1, -0.05) is 11.6 Å². The summed E-state index contributed by atoms with van der Waals surface area (Å²) < 4.78 is 0.854. The molecule has 1 aliphatic heterocycles. The molecule has 0 unspecified atom stereocenters. The van der Waals surface area contributed by atoms with E-state index >= 15 is 0 Å². The molecule has 0 saturated carbocycles. The zero-order valence-corrected chi connectivity index (χ0v) is 9.96. The summed E-state index contributed by atoms with van der Waals surface area (Å²) in [6, 6.07) is 5.59. The van der Waals surface area contributed by atoms with Crippen LogP contribution < -0.4 is 16.2 Å². The first-order valence-electron chi connectivity index (χ1n) is 4.24. The Labute approximate surface area is 101 Å². The van der Waals surface area contributed by atoms with E-state index in [0.29, 0.717) is 5.02 Å². The molecule has 15 heavy (non-hydrogen) atoms. The van der Waals surface area contributed by atoms with Gasteiger partial charge in [-0.15, -0.1) is 5.73 Å². The molecular weight excluding hydrogens is 277 g/mol. The van der Waals surface area contributed by atoms with Crippen LogP contribution in [0.25, 0.3) is 0 Å². The average Bonchev–Trinajstić information content (AvgIpc) is 2.23. The quantitative estimate of drug-likeness (QED) is 0.861.